The summed E-state index contributed by atoms with van der Waals surface area (Å²) in [7, 11) is 0. The Labute approximate surface area is 70.4 Å². The Morgan fingerprint density at radius 1 is 1.75 bits per heavy atom. The van der Waals surface area contributed by atoms with E-state index in [1.165, 1.54) is 0 Å². The third-order valence-electron chi connectivity index (χ3n) is 1.51. The van der Waals surface area contributed by atoms with Crippen LogP contribution in [0.5, 0.6) is 0 Å². The van der Waals surface area contributed by atoms with Crippen LogP contribution in [0.1, 0.15) is 11.3 Å². The van der Waals surface area contributed by atoms with E-state index in [9.17, 15) is 0 Å². The molecule has 0 aliphatic rings. The fourth-order valence-corrected chi connectivity index (χ4v) is 0.769. The highest BCUT2D eigenvalue weighted by Gasteiger charge is 1.99. The van der Waals surface area contributed by atoms with Crippen molar-refractivity contribution < 1.29 is 4.42 Å². The van der Waals surface area contributed by atoms with Crippen molar-refractivity contribution in [1.29, 1.82) is 0 Å². The highest BCUT2D eigenvalue weighted by Crippen LogP contribution is 2.09. The highest BCUT2D eigenvalue weighted by atomic mass is 16.3. The lowest BCUT2D eigenvalue weighted by atomic mass is 10.3. The molecule has 0 amide bonds. The van der Waals surface area contributed by atoms with Crippen LogP contribution in [-0.4, -0.2) is 5.96 Å². The average Bonchev–Trinajstić information content (AvgIpc) is 2.47. The lowest BCUT2D eigenvalue weighted by Crippen LogP contribution is -2.37. The molecule has 0 atom stereocenters. The molecule has 0 fully saturated rings. The second-order valence-electron chi connectivity index (χ2n) is 2.37. The quantitative estimate of drug-likeness (QED) is 0.248. The topological polar surface area (TPSA) is 89.6 Å². The van der Waals surface area contributed by atoms with Crippen LogP contribution in [-0.2, 0) is 6.54 Å². The van der Waals surface area contributed by atoms with Gasteiger partial charge in [-0.05, 0) is 18.6 Å². The molecule has 0 bridgehead atoms. The molecule has 0 aliphatic heterocycles. The van der Waals surface area contributed by atoms with Gasteiger partial charge in [0.1, 0.15) is 12.3 Å². The maximum atomic E-state index is 5.31. The largest absolute Gasteiger partial charge is 0.467 e. The summed E-state index contributed by atoms with van der Waals surface area (Å²) in [6, 6.07) is 1.87. The van der Waals surface area contributed by atoms with Gasteiger partial charge in [-0.3, -0.25) is 5.43 Å². The molecule has 0 radical (unpaired) electrons. The van der Waals surface area contributed by atoms with Crippen molar-refractivity contribution in [1.82, 2.24) is 5.43 Å². The van der Waals surface area contributed by atoms with Gasteiger partial charge in [0, 0.05) is 0 Å². The standard InChI is InChI=1S/C7H12N4O/c1-5-2-3-12-6(5)4-10-7(8)11-9/h2-3H,4,9H2,1H3,(H3,8,10,11). The smallest absolute Gasteiger partial charge is 0.203 e. The molecule has 66 valence electrons. The van der Waals surface area contributed by atoms with E-state index in [1.54, 1.807) is 6.26 Å². The Bertz CT molecular complexity index is 279. The van der Waals surface area contributed by atoms with Crippen molar-refractivity contribution in [2.45, 2.75) is 13.5 Å². The normalized spacial score (nSPS) is 11.7. The lowest BCUT2D eigenvalue weighted by molar-refractivity contribution is 0.509. The molecule has 5 nitrogen and oxygen atoms in total. The molecular weight excluding hydrogens is 156 g/mol. The summed E-state index contributed by atoms with van der Waals surface area (Å²) in [6.07, 6.45) is 1.62. The van der Waals surface area contributed by atoms with Gasteiger partial charge in [0.05, 0.1) is 6.26 Å². The summed E-state index contributed by atoms with van der Waals surface area (Å²) < 4.78 is 5.13. The Morgan fingerprint density at radius 3 is 3.00 bits per heavy atom. The van der Waals surface area contributed by atoms with E-state index in [2.05, 4.69) is 10.4 Å². The van der Waals surface area contributed by atoms with Crippen LogP contribution in [0.3, 0.4) is 0 Å². The number of hydrogen-bond donors (Lipinski definition) is 3. The summed E-state index contributed by atoms with van der Waals surface area (Å²) in [5, 5.41) is 0. The predicted molar refractivity (Wildman–Crippen MR) is 46.1 cm³/mol. The molecule has 1 aromatic rings. The fourth-order valence-electron chi connectivity index (χ4n) is 0.769. The number of nitrogens with one attached hydrogen (secondary N) is 1. The van der Waals surface area contributed by atoms with Crippen molar-refractivity contribution in [3.05, 3.63) is 23.7 Å². The van der Waals surface area contributed by atoms with Crippen LogP contribution in [0.15, 0.2) is 21.7 Å². The van der Waals surface area contributed by atoms with Crippen LogP contribution < -0.4 is 17.0 Å². The first-order valence-corrected chi connectivity index (χ1v) is 3.53. The first kappa shape index (κ1) is 8.61. The second kappa shape index (κ2) is 3.77. The molecule has 0 saturated heterocycles. The first-order chi connectivity index (χ1) is 5.74. The number of furan rings is 1. The van der Waals surface area contributed by atoms with E-state index in [1.807, 2.05) is 13.0 Å². The minimum Gasteiger partial charge on any atom is -0.467 e. The molecule has 0 spiro atoms. The molecule has 5 N–H and O–H groups in total. The maximum Gasteiger partial charge on any atom is 0.203 e. The summed E-state index contributed by atoms with van der Waals surface area (Å²) in [4.78, 5) is 3.91. The zero-order valence-electron chi connectivity index (χ0n) is 6.87. The third-order valence-corrected chi connectivity index (χ3v) is 1.51. The number of hydrazine groups is 1. The van der Waals surface area contributed by atoms with Crippen molar-refractivity contribution in [2.24, 2.45) is 16.6 Å². The van der Waals surface area contributed by atoms with E-state index in [4.69, 9.17) is 16.0 Å². The number of aliphatic imine (C=N–C) groups is 1. The summed E-state index contributed by atoms with van der Waals surface area (Å²) in [5.41, 5.74) is 8.60. The van der Waals surface area contributed by atoms with Crippen LogP contribution in [0, 0.1) is 6.92 Å². The minimum atomic E-state index is 0.200. The monoisotopic (exact) mass is 168 g/mol. The summed E-state index contributed by atoms with van der Waals surface area (Å²) in [5.74, 6) is 6.01. The molecule has 1 heterocycles. The molecule has 5 heteroatoms. The zero-order valence-corrected chi connectivity index (χ0v) is 6.87. The van der Waals surface area contributed by atoms with E-state index in [-0.39, 0.29) is 5.96 Å². The maximum absolute atomic E-state index is 5.31. The lowest BCUT2D eigenvalue weighted by Gasteiger charge is -1.97. The van der Waals surface area contributed by atoms with Gasteiger partial charge in [-0.2, -0.15) is 0 Å². The van der Waals surface area contributed by atoms with E-state index in [0.717, 1.165) is 11.3 Å². The van der Waals surface area contributed by atoms with Crippen LogP contribution in [0.4, 0.5) is 0 Å². The number of aryl methyl sites for hydroxylation is 1. The molecule has 0 unspecified atom stereocenters. The van der Waals surface area contributed by atoms with E-state index >= 15 is 0 Å². The van der Waals surface area contributed by atoms with Gasteiger partial charge in [0.2, 0.25) is 5.96 Å². The fraction of sp³-hybridized carbons (Fsp3) is 0.286. The SMILES string of the molecule is Cc1ccoc1CN=C(N)NN. The van der Waals surface area contributed by atoms with Crippen LogP contribution >= 0.6 is 0 Å². The Kier molecular flexibility index (Phi) is 2.71. The number of hydrogen-bond acceptors (Lipinski definition) is 3. The van der Waals surface area contributed by atoms with Crippen LogP contribution in [0.25, 0.3) is 0 Å². The van der Waals surface area contributed by atoms with Gasteiger partial charge in [0.25, 0.3) is 0 Å². The Morgan fingerprint density at radius 2 is 2.50 bits per heavy atom. The van der Waals surface area contributed by atoms with Gasteiger partial charge in [0.15, 0.2) is 0 Å². The van der Waals surface area contributed by atoms with Crippen LogP contribution in [0.2, 0.25) is 0 Å². The minimum absolute atomic E-state index is 0.200. The van der Waals surface area contributed by atoms with Gasteiger partial charge in [-0.15, -0.1) is 0 Å². The highest BCUT2D eigenvalue weighted by molar-refractivity contribution is 5.77. The molecule has 0 saturated carbocycles. The number of guanidine groups is 1. The average molecular weight is 168 g/mol. The summed E-state index contributed by atoms with van der Waals surface area (Å²) >= 11 is 0. The van der Waals surface area contributed by atoms with Crippen molar-refractivity contribution >= 4 is 5.96 Å². The first-order valence-electron chi connectivity index (χ1n) is 3.53. The van der Waals surface area contributed by atoms with Gasteiger partial charge < -0.3 is 10.2 Å². The molecule has 1 aromatic heterocycles. The number of nitrogens with two attached hydrogens (primary N) is 2. The van der Waals surface area contributed by atoms with E-state index in [0.29, 0.717) is 6.54 Å². The van der Waals surface area contributed by atoms with Gasteiger partial charge in [-0.1, -0.05) is 0 Å². The molecule has 0 aromatic carbocycles. The van der Waals surface area contributed by atoms with Crippen molar-refractivity contribution in [3.63, 3.8) is 0 Å². The molecular formula is C7H12N4O. The summed E-state index contributed by atoms with van der Waals surface area (Å²) in [6.45, 7) is 2.36. The molecule has 1 rings (SSSR count). The van der Waals surface area contributed by atoms with Gasteiger partial charge >= 0.3 is 0 Å². The van der Waals surface area contributed by atoms with Gasteiger partial charge in [-0.25, -0.2) is 10.8 Å². The third kappa shape index (κ3) is 2.00. The Hall–Kier alpha value is -1.49. The number of rotatable bonds is 2. The molecule has 12 heavy (non-hydrogen) atoms. The van der Waals surface area contributed by atoms with Crippen molar-refractivity contribution in [3.8, 4) is 0 Å². The predicted octanol–water partition coefficient (Wildman–Crippen LogP) is -0.134. The Balaban J connectivity index is 2.59. The second-order valence-corrected chi connectivity index (χ2v) is 2.37. The zero-order chi connectivity index (χ0) is 8.97. The molecule has 0 aliphatic carbocycles. The van der Waals surface area contributed by atoms with Crippen molar-refractivity contribution in [2.75, 3.05) is 0 Å². The number of nitrogens with zero attached hydrogens (tertiary/aromatic N) is 1. The van der Waals surface area contributed by atoms with E-state index < -0.39 is 0 Å².